The summed E-state index contributed by atoms with van der Waals surface area (Å²) < 4.78 is 43.1. The number of ketones is 1. The lowest BCUT2D eigenvalue weighted by atomic mass is 10.0. The van der Waals surface area contributed by atoms with Crippen LogP contribution in [0.2, 0.25) is 0 Å². The highest BCUT2D eigenvalue weighted by Gasteiger charge is 2.36. The van der Waals surface area contributed by atoms with Gasteiger partial charge in [-0.2, -0.15) is 13.2 Å². The Kier molecular flexibility index (Phi) is 3.65. The summed E-state index contributed by atoms with van der Waals surface area (Å²) in [7, 11) is 0. The Morgan fingerprint density at radius 3 is 2.41 bits per heavy atom. The molecule has 0 saturated heterocycles. The van der Waals surface area contributed by atoms with Crippen LogP contribution in [0.3, 0.4) is 0 Å². The topological polar surface area (TPSA) is 52.3 Å². The van der Waals surface area contributed by atoms with Crippen molar-refractivity contribution in [2.75, 3.05) is 12.3 Å². The minimum Gasteiger partial charge on any atom is -0.491 e. The third-order valence-electron chi connectivity index (χ3n) is 2.12. The third kappa shape index (κ3) is 2.89. The first kappa shape index (κ1) is 13.3. The van der Waals surface area contributed by atoms with E-state index in [1.54, 1.807) is 6.92 Å². The highest BCUT2D eigenvalue weighted by atomic mass is 19.4. The Morgan fingerprint density at radius 1 is 1.41 bits per heavy atom. The SMILES string of the molecule is CCOc1c(N)cc(C(C)=O)cc1C(F)(F)F. The van der Waals surface area contributed by atoms with E-state index in [0.29, 0.717) is 0 Å². The van der Waals surface area contributed by atoms with Crippen LogP contribution in [0.15, 0.2) is 12.1 Å². The summed E-state index contributed by atoms with van der Waals surface area (Å²) in [4.78, 5) is 11.1. The van der Waals surface area contributed by atoms with Crippen molar-refractivity contribution in [3.63, 3.8) is 0 Å². The molecule has 0 aromatic heterocycles. The van der Waals surface area contributed by atoms with Crippen molar-refractivity contribution in [3.05, 3.63) is 23.3 Å². The molecular weight excluding hydrogens is 235 g/mol. The van der Waals surface area contributed by atoms with Crippen LogP contribution in [-0.2, 0) is 6.18 Å². The Balaban J connectivity index is 3.45. The van der Waals surface area contributed by atoms with Crippen LogP contribution in [0.5, 0.6) is 5.75 Å². The smallest absolute Gasteiger partial charge is 0.420 e. The molecule has 1 aromatic rings. The molecule has 0 aliphatic rings. The minimum absolute atomic E-state index is 0.0622. The molecule has 0 bridgehead atoms. The highest BCUT2D eigenvalue weighted by Crippen LogP contribution is 2.40. The molecule has 0 saturated carbocycles. The van der Waals surface area contributed by atoms with Crippen molar-refractivity contribution < 1.29 is 22.7 Å². The fourth-order valence-corrected chi connectivity index (χ4v) is 1.37. The summed E-state index contributed by atoms with van der Waals surface area (Å²) in [6.07, 6.45) is -4.61. The zero-order valence-corrected chi connectivity index (χ0v) is 9.39. The summed E-state index contributed by atoms with van der Waals surface area (Å²) in [6, 6.07) is 1.94. The van der Waals surface area contributed by atoms with E-state index in [9.17, 15) is 18.0 Å². The van der Waals surface area contributed by atoms with Gasteiger partial charge in [0.05, 0.1) is 12.3 Å². The maximum Gasteiger partial charge on any atom is 0.420 e. The van der Waals surface area contributed by atoms with E-state index in [4.69, 9.17) is 10.5 Å². The molecule has 1 aromatic carbocycles. The van der Waals surface area contributed by atoms with Gasteiger partial charge in [0.2, 0.25) is 0 Å². The molecule has 0 heterocycles. The summed E-state index contributed by atoms with van der Waals surface area (Å²) in [6.45, 7) is 2.79. The average molecular weight is 247 g/mol. The van der Waals surface area contributed by atoms with Crippen molar-refractivity contribution in [1.82, 2.24) is 0 Å². The van der Waals surface area contributed by atoms with Gasteiger partial charge in [-0.25, -0.2) is 0 Å². The van der Waals surface area contributed by atoms with Crippen molar-refractivity contribution in [3.8, 4) is 5.75 Å². The summed E-state index contributed by atoms with van der Waals surface area (Å²) in [5, 5.41) is 0. The van der Waals surface area contributed by atoms with E-state index in [-0.39, 0.29) is 17.9 Å². The first-order valence-corrected chi connectivity index (χ1v) is 4.91. The van der Waals surface area contributed by atoms with Crippen LogP contribution >= 0.6 is 0 Å². The number of halogens is 3. The number of benzene rings is 1. The molecule has 0 aliphatic heterocycles. The summed E-state index contributed by atoms with van der Waals surface area (Å²) in [5.74, 6) is -0.907. The number of hydrogen-bond acceptors (Lipinski definition) is 3. The number of hydrogen-bond donors (Lipinski definition) is 1. The number of nitrogen functional groups attached to an aromatic ring is 1. The Hall–Kier alpha value is -1.72. The molecule has 0 spiro atoms. The third-order valence-corrected chi connectivity index (χ3v) is 2.12. The van der Waals surface area contributed by atoms with Gasteiger partial charge >= 0.3 is 6.18 Å². The molecule has 0 radical (unpaired) electrons. The molecule has 0 atom stereocenters. The van der Waals surface area contributed by atoms with E-state index >= 15 is 0 Å². The van der Waals surface area contributed by atoms with Gasteiger partial charge in [-0.05, 0) is 26.0 Å². The Morgan fingerprint density at radius 2 is 2.00 bits per heavy atom. The largest absolute Gasteiger partial charge is 0.491 e. The second kappa shape index (κ2) is 4.65. The lowest BCUT2D eigenvalue weighted by Gasteiger charge is -2.16. The first-order chi connectivity index (χ1) is 7.77. The van der Waals surface area contributed by atoms with Gasteiger partial charge in [0, 0.05) is 5.56 Å². The van der Waals surface area contributed by atoms with E-state index in [2.05, 4.69) is 0 Å². The van der Waals surface area contributed by atoms with Gasteiger partial charge < -0.3 is 10.5 Å². The van der Waals surface area contributed by atoms with Gasteiger partial charge in [0.15, 0.2) is 11.5 Å². The average Bonchev–Trinajstić information content (AvgIpc) is 2.18. The molecule has 0 unspecified atom stereocenters. The van der Waals surface area contributed by atoms with Gasteiger partial charge in [0.25, 0.3) is 0 Å². The predicted octanol–water partition coefficient (Wildman–Crippen LogP) is 2.89. The number of Topliss-reactive ketones (excluding diaryl/α,β-unsaturated/α-hetero) is 1. The van der Waals surface area contributed by atoms with Crippen LogP contribution in [0, 0.1) is 0 Å². The molecule has 17 heavy (non-hydrogen) atoms. The Bertz CT molecular complexity index is 441. The second-order valence-corrected chi connectivity index (χ2v) is 3.43. The second-order valence-electron chi connectivity index (χ2n) is 3.43. The number of rotatable bonds is 3. The number of carbonyl (C=O) groups excluding carboxylic acids is 1. The van der Waals surface area contributed by atoms with E-state index in [1.807, 2.05) is 0 Å². The zero-order chi connectivity index (χ0) is 13.2. The molecule has 0 amide bonds. The maximum atomic E-state index is 12.7. The van der Waals surface area contributed by atoms with Crippen molar-refractivity contribution in [2.24, 2.45) is 0 Å². The van der Waals surface area contributed by atoms with Crippen LogP contribution in [-0.4, -0.2) is 12.4 Å². The molecule has 1 rings (SSSR count). The first-order valence-electron chi connectivity index (χ1n) is 4.91. The van der Waals surface area contributed by atoms with Crippen LogP contribution in [0.4, 0.5) is 18.9 Å². The maximum absolute atomic E-state index is 12.7. The molecule has 6 heteroatoms. The highest BCUT2D eigenvalue weighted by molar-refractivity contribution is 5.95. The monoisotopic (exact) mass is 247 g/mol. The standard InChI is InChI=1S/C11H12F3NO2/c1-3-17-10-8(11(12,13)14)4-7(6(2)16)5-9(10)15/h4-5H,3,15H2,1-2H3. The van der Waals surface area contributed by atoms with Gasteiger partial charge in [0.1, 0.15) is 5.56 Å². The predicted molar refractivity (Wildman–Crippen MR) is 57.0 cm³/mol. The van der Waals surface area contributed by atoms with E-state index in [0.717, 1.165) is 6.07 Å². The van der Waals surface area contributed by atoms with Crippen LogP contribution in [0.25, 0.3) is 0 Å². The van der Waals surface area contributed by atoms with Gasteiger partial charge in [-0.3, -0.25) is 4.79 Å². The lowest BCUT2D eigenvalue weighted by molar-refractivity contribution is -0.138. The summed E-state index contributed by atoms with van der Waals surface area (Å²) in [5.41, 5.74) is 4.17. The molecule has 0 aliphatic carbocycles. The normalized spacial score (nSPS) is 11.4. The zero-order valence-electron chi connectivity index (χ0n) is 9.39. The Labute approximate surface area is 96.4 Å². The van der Waals surface area contributed by atoms with Crippen molar-refractivity contribution in [2.45, 2.75) is 20.0 Å². The van der Waals surface area contributed by atoms with E-state index in [1.165, 1.54) is 13.0 Å². The van der Waals surface area contributed by atoms with E-state index < -0.39 is 23.3 Å². The number of alkyl halides is 3. The molecular formula is C11H12F3NO2. The lowest BCUT2D eigenvalue weighted by Crippen LogP contribution is -2.12. The number of nitrogens with two attached hydrogens (primary N) is 1. The number of anilines is 1. The molecule has 94 valence electrons. The molecule has 3 nitrogen and oxygen atoms in total. The summed E-state index contributed by atoms with van der Waals surface area (Å²) >= 11 is 0. The number of carbonyl (C=O) groups is 1. The van der Waals surface area contributed by atoms with Crippen molar-refractivity contribution in [1.29, 1.82) is 0 Å². The van der Waals surface area contributed by atoms with Crippen LogP contribution in [0.1, 0.15) is 29.8 Å². The van der Waals surface area contributed by atoms with Gasteiger partial charge in [-0.1, -0.05) is 0 Å². The van der Waals surface area contributed by atoms with Crippen LogP contribution < -0.4 is 10.5 Å². The van der Waals surface area contributed by atoms with Crippen molar-refractivity contribution >= 4 is 11.5 Å². The quantitative estimate of drug-likeness (QED) is 0.660. The molecule has 2 N–H and O–H groups in total. The molecule has 0 fully saturated rings. The number of ether oxygens (including phenoxy) is 1. The fraction of sp³-hybridized carbons (Fsp3) is 0.364. The minimum atomic E-state index is -4.61. The van der Waals surface area contributed by atoms with Gasteiger partial charge in [-0.15, -0.1) is 0 Å². The fourth-order valence-electron chi connectivity index (χ4n) is 1.37.